The number of carbonyl (C=O) groups is 1. The van der Waals surface area contributed by atoms with Crippen LogP contribution in [0, 0.1) is 13.8 Å². The van der Waals surface area contributed by atoms with Crippen molar-refractivity contribution in [1.29, 1.82) is 0 Å². The number of H-pyrrole nitrogens is 1. The van der Waals surface area contributed by atoms with Crippen molar-refractivity contribution in [3.63, 3.8) is 0 Å². The number of carbonyl (C=O) groups excluding carboxylic acids is 1. The first-order valence-corrected chi connectivity index (χ1v) is 9.85. The van der Waals surface area contributed by atoms with Gasteiger partial charge in [0, 0.05) is 35.2 Å². The van der Waals surface area contributed by atoms with Crippen LogP contribution in [0.15, 0.2) is 79.0 Å². The number of urea groups is 1. The van der Waals surface area contributed by atoms with Crippen LogP contribution in [0.3, 0.4) is 0 Å². The maximum atomic E-state index is 12.6. The molecule has 3 N–H and O–H groups in total. The van der Waals surface area contributed by atoms with Crippen LogP contribution in [0.5, 0.6) is 0 Å². The summed E-state index contributed by atoms with van der Waals surface area (Å²) in [5.74, 6) is 0.0525. The third-order valence-electron chi connectivity index (χ3n) is 5.31. The number of benzene rings is 3. The van der Waals surface area contributed by atoms with Crippen LogP contribution in [-0.4, -0.2) is 17.6 Å². The number of aromatic amines is 1. The van der Waals surface area contributed by atoms with E-state index in [9.17, 15) is 4.79 Å². The molecule has 1 aromatic heterocycles. The average molecular weight is 383 g/mol. The molecular weight excluding hydrogens is 358 g/mol. The molecule has 0 saturated heterocycles. The van der Waals surface area contributed by atoms with Crippen molar-refractivity contribution in [1.82, 2.24) is 10.3 Å². The van der Waals surface area contributed by atoms with E-state index in [4.69, 9.17) is 0 Å². The Morgan fingerprint density at radius 3 is 2.55 bits per heavy atom. The Morgan fingerprint density at radius 2 is 1.72 bits per heavy atom. The van der Waals surface area contributed by atoms with Crippen LogP contribution in [0.2, 0.25) is 0 Å². The fraction of sp³-hybridized carbons (Fsp3) is 0.160. The lowest BCUT2D eigenvalue weighted by molar-refractivity contribution is 0.252. The van der Waals surface area contributed by atoms with Crippen LogP contribution in [0.4, 0.5) is 10.5 Å². The Hall–Kier alpha value is -3.53. The summed E-state index contributed by atoms with van der Waals surface area (Å²) in [5, 5.41) is 7.23. The first-order chi connectivity index (χ1) is 14.1. The summed E-state index contributed by atoms with van der Waals surface area (Å²) in [6.07, 6.45) is 2.05. The van der Waals surface area contributed by atoms with E-state index in [1.807, 2.05) is 68.6 Å². The predicted octanol–water partition coefficient (Wildman–Crippen LogP) is 5.74. The molecule has 0 saturated carbocycles. The van der Waals surface area contributed by atoms with Gasteiger partial charge in [0.1, 0.15) is 0 Å². The summed E-state index contributed by atoms with van der Waals surface area (Å²) in [6, 6.07) is 24.4. The maximum Gasteiger partial charge on any atom is 0.319 e. The van der Waals surface area contributed by atoms with E-state index in [0.717, 1.165) is 22.3 Å². The molecular formula is C25H25N3O. The van der Waals surface area contributed by atoms with Gasteiger partial charge in [0.25, 0.3) is 0 Å². The molecule has 146 valence electrons. The van der Waals surface area contributed by atoms with E-state index in [2.05, 4.69) is 39.9 Å². The highest BCUT2D eigenvalue weighted by molar-refractivity contribution is 5.90. The summed E-state index contributed by atoms with van der Waals surface area (Å²) in [5.41, 5.74) is 6.45. The van der Waals surface area contributed by atoms with Crippen molar-refractivity contribution in [3.8, 4) is 0 Å². The third-order valence-corrected chi connectivity index (χ3v) is 5.31. The van der Waals surface area contributed by atoms with Gasteiger partial charge >= 0.3 is 6.03 Å². The minimum Gasteiger partial charge on any atom is -0.361 e. The third kappa shape index (κ3) is 4.16. The number of fused-ring (bicyclic) bond motifs is 1. The van der Waals surface area contributed by atoms with Gasteiger partial charge in [0.2, 0.25) is 0 Å². The molecule has 0 aliphatic heterocycles. The number of rotatable bonds is 5. The largest absolute Gasteiger partial charge is 0.361 e. The molecule has 1 atom stereocenters. The topological polar surface area (TPSA) is 56.9 Å². The molecule has 0 aliphatic rings. The lowest BCUT2D eigenvalue weighted by Gasteiger charge is -2.19. The summed E-state index contributed by atoms with van der Waals surface area (Å²) in [6.45, 7) is 4.52. The Morgan fingerprint density at radius 1 is 0.966 bits per heavy atom. The standard InChI is InChI=1S/C25H25N3O/c1-17-12-13-18(2)24(14-17)28-25(29)27-15-21(19-8-4-3-5-9-19)22-16-26-23-11-7-6-10-20(22)23/h3-14,16,21,26H,15H2,1-2H3,(H2,27,28,29)/t21-/m0/s1. The number of aryl methyl sites for hydroxylation is 2. The van der Waals surface area contributed by atoms with Crippen molar-refractivity contribution in [2.24, 2.45) is 0 Å². The molecule has 0 aliphatic carbocycles. The minimum absolute atomic E-state index is 0.0525. The lowest BCUT2D eigenvalue weighted by atomic mass is 9.91. The van der Waals surface area contributed by atoms with Gasteiger partial charge in [-0.15, -0.1) is 0 Å². The zero-order chi connectivity index (χ0) is 20.2. The van der Waals surface area contributed by atoms with Crippen molar-refractivity contribution in [2.75, 3.05) is 11.9 Å². The summed E-state index contributed by atoms with van der Waals surface area (Å²) in [4.78, 5) is 16.0. The molecule has 1 heterocycles. The van der Waals surface area contributed by atoms with E-state index >= 15 is 0 Å². The van der Waals surface area contributed by atoms with Gasteiger partial charge in [0.05, 0.1) is 0 Å². The van der Waals surface area contributed by atoms with Crippen LogP contribution in [-0.2, 0) is 0 Å². The van der Waals surface area contributed by atoms with Gasteiger partial charge in [-0.1, -0.05) is 60.7 Å². The van der Waals surface area contributed by atoms with E-state index < -0.39 is 0 Å². The SMILES string of the molecule is Cc1ccc(C)c(NC(=O)NC[C@@H](c2ccccc2)c2c[nH]c3ccccc23)c1. The zero-order valence-electron chi connectivity index (χ0n) is 16.7. The number of nitrogens with one attached hydrogen (secondary N) is 3. The van der Waals surface area contributed by atoms with Gasteiger partial charge in [0.15, 0.2) is 0 Å². The molecule has 4 nitrogen and oxygen atoms in total. The van der Waals surface area contributed by atoms with Crippen molar-refractivity contribution in [3.05, 3.63) is 101 Å². The van der Waals surface area contributed by atoms with Crippen LogP contribution in [0.25, 0.3) is 10.9 Å². The van der Waals surface area contributed by atoms with Crippen LogP contribution < -0.4 is 10.6 Å². The van der Waals surface area contributed by atoms with E-state index in [0.29, 0.717) is 6.54 Å². The molecule has 4 heteroatoms. The number of anilines is 1. The maximum absolute atomic E-state index is 12.6. The smallest absolute Gasteiger partial charge is 0.319 e. The molecule has 29 heavy (non-hydrogen) atoms. The second-order valence-electron chi connectivity index (χ2n) is 7.41. The zero-order valence-corrected chi connectivity index (χ0v) is 16.7. The normalized spacial score (nSPS) is 11.9. The van der Waals surface area contributed by atoms with E-state index in [1.165, 1.54) is 16.5 Å². The molecule has 4 rings (SSSR count). The van der Waals surface area contributed by atoms with Gasteiger partial charge in [-0.05, 0) is 48.2 Å². The van der Waals surface area contributed by atoms with Gasteiger partial charge < -0.3 is 15.6 Å². The molecule has 4 aromatic rings. The van der Waals surface area contributed by atoms with E-state index in [-0.39, 0.29) is 11.9 Å². The highest BCUT2D eigenvalue weighted by atomic mass is 16.2. The van der Waals surface area contributed by atoms with Crippen molar-refractivity contribution in [2.45, 2.75) is 19.8 Å². The van der Waals surface area contributed by atoms with Gasteiger partial charge in [-0.25, -0.2) is 4.79 Å². The Bertz CT molecular complexity index is 1130. The first-order valence-electron chi connectivity index (χ1n) is 9.85. The van der Waals surface area contributed by atoms with E-state index in [1.54, 1.807) is 0 Å². The first kappa shape index (κ1) is 18.8. The summed E-state index contributed by atoms with van der Waals surface area (Å²) >= 11 is 0. The number of para-hydroxylation sites is 1. The molecule has 0 unspecified atom stereocenters. The molecule has 0 radical (unpaired) electrons. The monoisotopic (exact) mass is 383 g/mol. The second kappa shape index (κ2) is 8.23. The van der Waals surface area contributed by atoms with Crippen LogP contribution in [0.1, 0.15) is 28.2 Å². The Labute approximate surface area is 171 Å². The van der Waals surface area contributed by atoms with Gasteiger partial charge in [-0.3, -0.25) is 0 Å². The summed E-state index contributed by atoms with van der Waals surface area (Å²) in [7, 11) is 0. The molecule has 0 fully saturated rings. The molecule has 3 aromatic carbocycles. The highest BCUT2D eigenvalue weighted by Gasteiger charge is 2.19. The highest BCUT2D eigenvalue weighted by Crippen LogP contribution is 2.30. The number of aromatic nitrogens is 1. The van der Waals surface area contributed by atoms with Crippen molar-refractivity contribution >= 4 is 22.6 Å². The Balaban J connectivity index is 1.56. The van der Waals surface area contributed by atoms with Crippen LogP contribution >= 0.6 is 0 Å². The predicted molar refractivity (Wildman–Crippen MR) is 120 cm³/mol. The second-order valence-corrected chi connectivity index (χ2v) is 7.41. The molecule has 0 bridgehead atoms. The quantitative estimate of drug-likeness (QED) is 0.404. The lowest BCUT2D eigenvalue weighted by Crippen LogP contribution is -2.33. The number of hydrogen-bond acceptors (Lipinski definition) is 1. The number of amides is 2. The fourth-order valence-electron chi connectivity index (χ4n) is 3.71. The van der Waals surface area contributed by atoms with Gasteiger partial charge in [-0.2, -0.15) is 0 Å². The minimum atomic E-state index is -0.195. The number of hydrogen-bond donors (Lipinski definition) is 3. The van der Waals surface area contributed by atoms with Crippen molar-refractivity contribution < 1.29 is 4.79 Å². The fourth-order valence-corrected chi connectivity index (χ4v) is 3.71. The Kier molecular flexibility index (Phi) is 5.34. The molecule has 2 amide bonds. The average Bonchev–Trinajstić information content (AvgIpc) is 3.16. The summed E-state index contributed by atoms with van der Waals surface area (Å²) < 4.78 is 0. The molecule has 0 spiro atoms.